The highest BCUT2D eigenvalue weighted by Gasteiger charge is 2.28. The maximum absolute atomic E-state index is 12.9. The summed E-state index contributed by atoms with van der Waals surface area (Å²) in [5.41, 5.74) is 1.65. The van der Waals surface area contributed by atoms with Crippen molar-refractivity contribution in [1.29, 1.82) is 0 Å². The van der Waals surface area contributed by atoms with Crippen molar-refractivity contribution in [3.8, 4) is 5.75 Å². The normalized spacial score (nSPS) is 15.4. The van der Waals surface area contributed by atoms with Gasteiger partial charge in [0, 0.05) is 37.1 Å². The predicted molar refractivity (Wildman–Crippen MR) is 133 cm³/mol. The molecule has 0 atom stereocenters. The molecular weight excluding hydrogens is 472 g/mol. The minimum atomic E-state index is -3.51. The summed E-state index contributed by atoms with van der Waals surface area (Å²) in [4.78, 5) is 16.0. The first-order chi connectivity index (χ1) is 16.3. The molecule has 0 spiro atoms. The van der Waals surface area contributed by atoms with E-state index in [1.54, 1.807) is 30.0 Å². The number of thioether (sulfide) groups is 1. The third kappa shape index (κ3) is 5.90. The SMILES string of the molecule is CSc1ccc(COc2coc(CN3CCN(S(=O)(=O)c4cccc(C)c4)CC3)cc2=O)cc1. The molecule has 7 nitrogen and oxygen atoms in total. The Bertz CT molecular complexity index is 1280. The molecule has 1 aromatic heterocycles. The Kier molecular flexibility index (Phi) is 7.77. The molecule has 34 heavy (non-hydrogen) atoms. The molecule has 2 aromatic carbocycles. The third-order valence-electron chi connectivity index (χ3n) is 5.74. The molecule has 1 aliphatic rings. The molecule has 180 valence electrons. The molecule has 3 aromatic rings. The number of hydrogen-bond donors (Lipinski definition) is 0. The van der Waals surface area contributed by atoms with Crippen LogP contribution in [0.15, 0.2) is 79.9 Å². The Morgan fingerprint density at radius 2 is 1.76 bits per heavy atom. The first kappa shape index (κ1) is 24.5. The van der Waals surface area contributed by atoms with Crippen LogP contribution in [0.5, 0.6) is 5.75 Å². The van der Waals surface area contributed by atoms with Crippen LogP contribution < -0.4 is 10.2 Å². The number of piperazine rings is 1. The number of aryl methyl sites for hydroxylation is 1. The number of hydrogen-bond acceptors (Lipinski definition) is 7. The van der Waals surface area contributed by atoms with Gasteiger partial charge in [0.15, 0.2) is 0 Å². The van der Waals surface area contributed by atoms with E-state index in [-0.39, 0.29) is 17.8 Å². The molecule has 0 N–H and O–H groups in total. The Labute approximate surface area is 204 Å². The molecule has 1 aliphatic heterocycles. The highest BCUT2D eigenvalue weighted by molar-refractivity contribution is 7.98. The fraction of sp³-hybridized carbons (Fsp3) is 0.320. The second kappa shape index (κ2) is 10.8. The molecule has 4 rings (SSSR count). The van der Waals surface area contributed by atoms with Crippen molar-refractivity contribution in [2.45, 2.75) is 29.9 Å². The molecule has 0 saturated carbocycles. The van der Waals surface area contributed by atoms with Crippen molar-refractivity contribution < 1.29 is 17.6 Å². The molecule has 0 amide bonds. The number of sulfonamides is 1. The van der Waals surface area contributed by atoms with Gasteiger partial charge in [0.1, 0.15) is 18.6 Å². The molecule has 2 heterocycles. The Morgan fingerprint density at radius 3 is 2.41 bits per heavy atom. The van der Waals surface area contributed by atoms with Gasteiger partial charge in [0.25, 0.3) is 0 Å². The average Bonchev–Trinajstić information content (AvgIpc) is 2.84. The Balaban J connectivity index is 1.31. The van der Waals surface area contributed by atoms with Crippen molar-refractivity contribution in [3.05, 3.63) is 88.0 Å². The van der Waals surface area contributed by atoms with Crippen LogP contribution >= 0.6 is 11.8 Å². The Hall–Kier alpha value is -2.59. The second-order valence-corrected chi connectivity index (χ2v) is 11.0. The lowest BCUT2D eigenvalue weighted by Crippen LogP contribution is -2.48. The highest BCUT2D eigenvalue weighted by atomic mass is 32.2. The van der Waals surface area contributed by atoms with Crippen LogP contribution in [0.25, 0.3) is 0 Å². The topological polar surface area (TPSA) is 80.1 Å². The van der Waals surface area contributed by atoms with Gasteiger partial charge in [-0.1, -0.05) is 24.3 Å². The summed E-state index contributed by atoms with van der Waals surface area (Å²) in [6.45, 7) is 4.48. The van der Waals surface area contributed by atoms with E-state index in [4.69, 9.17) is 9.15 Å². The van der Waals surface area contributed by atoms with Crippen LogP contribution in [0.1, 0.15) is 16.9 Å². The number of ether oxygens (including phenoxy) is 1. The summed E-state index contributed by atoms with van der Waals surface area (Å²) in [6, 6.07) is 16.4. The molecule has 1 fully saturated rings. The first-order valence-electron chi connectivity index (χ1n) is 11.0. The van der Waals surface area contributed by atoms with E-state index in [9.17, 15) is 13.2 Å². The lowest BCUT2D eigenvalue weighted by Gasteiger charge is -2.33. The van der Waals surface area contributed by atoms with E-state index < -0.39 is 10.0 Å². The van der Waals surface area contributed by atoms with Crippen LogP contribution in [0.3, 0.4) is 0 Å². The summed E-state index contributed by atoms with van der Waals surface area (Å²) < 4.78 is 38.6. The van der Waals surface area contributed by atoms with Gasteiger partial charge in [-0.25, -0.2) is 8.42 Å². The molecule has 0 bridgehead atoms. The fourth-order valence-corrected chi connectivity index (χ4v) is 5.72. The monoisotopic (exact) mass is 500 g/mol. The zero-order valence-electron chi connectivity index (χ0n) is 19.3. The van der Waals surface area contributed by atoms with Crippen molar-refractivity contribution in [2.75, 3.05) is 32.4 Å². The lowest BCUT2D eigenvalue weighted by molar-refractivity contribution is 0.169. The second-order valence-electron chi connectivity index (χ2n) is 8.21. The van der Waals surface area contributed by atoms with E-state index in [1.807, 2.05) is 43.5 Å². The average molecular weight is 501 g/mol. The largest absolute Gasteiger partial charge is 0.482 e. The summed E-state index contributed by atoms with van der Waals surface area (Å²) in [6.07, 6.45) is 3.37. The van der Waals surface area contributed by atoms with Crippen LogP contribution in [0, 0.1) is 6.92 Å². The third-order valence-corrected chi connectivity index (χ3v) is 8.38. The van der Waals surface area contributed by atoms with Gasteiger partial charge < -0.3 is 9.15 Å². The van der Waals surface area contributed by atoms with E-state index in [2.05, 4.69) is 4.90 Å². The summed E-state index contributed by atoms with van der Waals surface area (Å²) in [5.74, 6) is 0.698. The van der Waals surface area contributed by atoms with E-state index in [1.165, 1.54) is 21.5 Å². The molecule has 1 saturated heterocycles. The predicted octanol–water partition coefficient (Wildman–Crippen LogP) is 3.76. The number of rotatable bonds is 8. The van der Waals surface area contributed by atoms with E-state index >= 15 is 0 Å². The minimum Gasteiger partial charge on any atom is -0.482 e. The number of benzene rings is 2. The van der Waals surface area contributed by atoms with Gasteiger partial charge >= 0.3 is 0 Å². The van der Waals surface area contributed by atoms with Crippen LogP contribution in [-0.4, -0.2) is 50.1 Å². The van der Waals surface area contributed by atoms with Gasteiger partial charge in [0.05, 0.1) is 11.4 Å². The minimum absolute atomic E-state index is 0.173. The summed E-state index contributed by atoms with van der Waals surface area (Å²) in [5, 5.41) is 0. The summed E-state index contributed by atoms with van der Waals surface area (Å²) >= 11 is 1.67. The number of nitrogens with zero attached hydrogens (tertiary/aromatic N) is 2. The molecule has 9 heteroatoms. The molecule has 0 radical (unpaired) electrons. The Morgan fingerprint density at radius 1 is 1.03 bits per heavy atom. The van der Waals surface area contributed by atoms with Crippen molar-refractivity contribution in [2.24, 2.45) is 0 Å². The smallest absolute Gasteiger partial charge is 0.243 e. The fourth-order valence-electron chi connectivity index (χ4n) is 3.78. The van der Waals surface area contributed by atoms with Crippen LogP contribution in [0.2, 0.25) is 0 Å². The maximum Gasteiger partial charge on any atom is 0.243 e. The van der Waals surface area contributed by atoms with Gasteiger partial charge in [-0.3, -0.25) is 9.69 Å². The molecule has 0 aliphatic carbocycles. The van der Waals surface area contributed by atoms with E-state index in [0.29, 0.717) is 43.4 Å². The first-order valence-corrected chi connectivity index (χ1v) is 13.7. The van der Waals surface area contributed by atoms with Crippen molar-refractivity contribution in [3.63, 3.8) is 0 Å². The lowest BCUT2D eigenvalue weighted by atomic mass is 10.2. The van der Waals surface area contributed by atoms with Crippen LogP contribution in [0.4, 0.5) is 0 Å². The van der Waals surface area contributed by atoms with Gasteiger partial charge in [0.2, 0.25) is 21.2 Å². The summed E-state index contributed by atoms with van der Waals surface area (Å²) in [7, 11) is -3.51. The van der Waals surface area contributed by atoms with Crippen molar-refractivity contribution >= 4 is 21.8 Å². The van der Waals surface area contributed by atoms with Gasteiger partial charge in [-0.15, -0.1) is 11.8 Å². The molecular formula is C25H28N2O5S2. The zero-order chi connectivity index (χ0) is 24.1. The standard InChI is InChI=1S/C25H28N2O5S2/c1-19-4-3-5-23(14-19)34(29,30)27-12-10-26(11-13-27)16-21-15-24(28)25(18-31-21)32-17-20-6-8-22(33-2)9-7-20/h3-9,14-15,18H,10-13,16-17H2,1-2H3. The van der Waals surface area contributed by atoms with Crippen molar-refractivity contribution in [1.82, 2.24) is 9.21 Å². The maximum atomic E-state index is 12.9. The van der Waals surface area contributed by atoms with Gasteiger partial charge in [-0.2, -0.15) is 4.31 Å². The zero-order valence-corrected chi connectivity index (χ0v) is 20.9. The van der Waals surface area contributed by atoms with E-state index in [0.717, 1.165) is 11.1 Å². The van der Waals surface area contributed by atoms with Crippen LogP contribution in [-0.2, 0) is 23.2 Å². The highest BCUT2D eigenvalue weighted by Crippen LogP contribution is 2.20. The quantitative estimate of drug-likeness (QED) is 0.436. The van der Waals surface area contributed by atoms with Gasteiger partial charge in [-0.05, 0) is 48.6 Å². The molecule has 0 unspecified atom stereocenters.